The summed E-state index contributed by atoms with van der Waals surface area (Å²) in [6.07, 6.45) is 8.08. The summed E-state index contributed by atoms with van der Waals surface area (Å²) in [5.41, 5.74) is 0.454. The van der Waals surface area contributed by atoms with Crippen LogP contribution in [-0.2, 0) is 4.74 Å². The van der Waals surface area contributed by atoms with Gasteiger partial charge < -0.3 is 15.0 Å². The largest absolute Gasteiger partial charge is 0.381 e. The summed E-state index contributed by atoms with van der Waals surface area (Å²) < 4.78 is 5.69. The highest BCUT2D eigenvalue weighted by molar-refractivity contribution is 4.96. The average Bonchev–Trinajstić information content (AvgIpc) is 2.71. The first-order valence-corrected chi connectivity index (χ1v) is 8.25. The van der Waals surface area contributed by atoms with Crippen LogP contribution in [0.3, 0.4) is 0 Å². The predicted molar refractivity (Wildman–Crippen MR) is 80.5 cm³/mol. The molecule has 2 rings (SSSR count). The van der Waals surface area contributed by atoms with Crippen molar-refractivity contribution in [1.29, 1.82) is 0 Å². The van der Waals surface area contributed by atoms with E-state index in [-0.39, 0.29) is 0 Å². The molecule has 1 spiro atoms. The van der Waals surface area contributed by atoms with Gasteiger partial charge in [-0.2, -0.15) is 0 Å². The van der Waals surface area contributed by atoms with Crippen LogP contribution in [0.25, 0.3) is 0 Å². The van der Waals surface area contributed by atoms with Crippen molar-refractivity contribution in [3.8, 4) is 0 Å². The van der Waals surface area contributed by atoms with E-state index >= 15 is 0 Å². The summed E-state index contributed by atoms with van der Waals surface area (Å²) in [6, 6.07) is 0. The molecule has 19 heavy (non-hydrogen) atoms. The molecule has 0 amide bonds. The van der Waals surface area contributed by atoms with Crippen LogP contribution in [0.1, 0.15) is 52.4 Å². The normalized spacial score (nSPS) is 24.2. The fourth-order valence-electron chi connectivity index (χ4n) is 3.51. The number of nitrogens with one attached hydrogen (secondary N) is 1. The van der Waals surface area contributed by atoms with Gasteiger partial charge in [0.05, 0.1) is 0 Å². The van der Waals surface area contributed by atoms with Crippen LogP contribution in [0.5, 0.6) is 0 Å². The smallest absolute Gasteiger partial charge is 0.0489 e. The molecule has 3 heteroatoms. The molecule has 1 aliphatic carbocycles. The number of ether oxygens (including phenoxy) is 1. The van der Waals surface area contributed by atoms with Gasteiger partial charge in [0, 0.05) is 31.8 Å². The topological polar surface area (TPSA) is 24.5 Å². The molecule has 0 aromatic heterocycles. The molecule has 0 atom stereocenters. The Kier molecular flexibility index (Phi) is 6.11. The SMILES string of the molecule is CC(C)COCCCN1CCCNC2(CCCC2)C1. The molecule has 3 nitrogen and oxygen atoms in total. The van der Waals surface area contributed by atoms with Crippen molar-refractivity contribution in [3.05, 3.63) is 0 Å². The van der Waals surface area contributed by atoms with Gasteiger partial charge >= 0.3 is 0 Å². The first kappa shape index (κ1) is 15.3. The molecule has 0 aromatic carbocycles. The van der Waals surface area contributed by atoms with E-state index in [9.17, 15) is 0 Å². The Morgan fingerprint density at radius 1 is 1.21 bits per heavy atom. The summed E-state index contributed by atoms with van der Waals surface area (Å²) in [7, 11) is 0. The van der Waals surface area contributed by atoms with Crippen molar-refractivity contribution in [3.63, 3.8) is 0 Å². The second kappa shape index (κ2) is 7.61. The van der Waals surface area contributed by atoms with Gasteiger partial charge in [-0.3, -0.25) is 0 Å². The van der Waals surface area contributed by atoms with Gasteiger partial charge in [0.25, 0.3) is 0 Å². The minimum atomic E-state index is 0.454. The minimum Gasteiger partial charge on any atom is -0.381 e. The van der Waals surface area contributed by atoms with E-state index in [1.54, 1.807) is 0 Å². The van der Waals surface area contributed by atoms with E-state index in [1.165, 1.54) is 64.7 Å². The zero-order valence-electron chi connectivity index (χ0n) is 12.9. The standard InChI is InChI=1S/C16H32N2O/c1-15(2)13-19-12-6-11-18-10-5-9-17-16(14-18)7-3-4-8-16/h15,17H,3-14H2,1-2H3. The summed E-state index contributed by atoms with van der Waals surface area (Å²) in [4.78, 5) is 2.67. The van der Waals surface area contributed by atoms with Gasteiger partial charge in [0.2, 0.25) is 0 Å². The maximum absolute atomic E-state index is 5.69. The Balaban J connectivity index is 1.67. The molecule has 1 aliphatic heterocycles. The third-order valence-electron chi connectivity index (χ3n) is 4.45. The molecule has 0 unspecified atom stereocenters. The number of nitrogens with zero attached hydrogens (tertiary/aromatic N) is 1. The molecule has 2 fully saturated rings. The number of rotatable bonds is 6. The van der Waals surface area contributed by atoms with Crippen molar-refractivity contribution >= 4 is 0 Å². The molecule has 1 saturated carbocycles. The molecular weight excluding hydrogens is 236 g/mol. The molecule has 1 N–H and O–H groups in total. The highest BCUT2D eigenvalue weighted by Gasteiger charge is 2.35. The maximum atomic E-state index is 5.69. The lowest BCUT2D eigenvalue weighted by Gasteiger charge is -2.33. The van der Waals surface area contributed by atoms with Crippen molar-refractivity contribution < 1.29 is 4.74 Å². The van der Waals surface area contributed by atoms with Gasteiger partial charge in [-0.05, 0) is 44.7 Å². The van der Waals surface area contributed by atoms with E-state index in [1.807, 2.05) is 0 Å². The Bertz CT molecular complexity index is 249. The summed E-state index contributed by atoms with van der Waals surface area (Å²) >= 11 is 0. The van der Waals surface area contributed by atoms with Crippen LogP contribution in [-0.4, -0.2) is 49.8 Å². The van der Waals surface area contributed by atoms with Crippen LogP contribution >= 0.6 is 0 Å². The lowest BCUT2D eigenvalue weighted by Crippen LogP contribution is -2.49. The first-order chi connectivity index (χ1) is 9.20. The van der Waals surface area contributed by atoms with Crippen LogP contribution in [0, 0.1) is 5.92 Å². The summed E-state index contributed by atoms with van der Waals surface area (Å²) in [5, 5.41) is 3.83. The third-order valence-corrected chi connectivity index (χ3v) is 4.45. The van der Waals surface area contributed by atoms with Crippen molar-refractivity contribution in [2.24, 2.45) is 5.92 Å². The van der Waals surface area contributed by atoms with E-state index in [4.69, 9.17) is 4.74 Å². The Morgan fingerprint density at radius 3 is 2.74 bits per heavy atom. The maximum Gasteiger partial charge on any atom is 0.0489 e. The molecule has 2 aliphatic rings. The third kappa shape index (κ3) is 5.05. The Morgan fingerprint density at radius 2 is 2.00 bits per heavy atom. The average molecular weight is 268 g/mol. The van der Waals surface area contributed by atoms with Crippen LogP contribution in [0.4, 0.5) is 0 Å². The lowest BCUT2D eigenvalue weighted by molar-refractivity contribution is 0.0966. The second-order valence-electron chi connectivity index (χ2n) is 6.87. The van der Waals surface area contributed by atoms with Crippen LogP contribution in [0.15, 0.2) is 0 Å². The highest BCUT2D eigenvalue weighted by Crippen LogP contribution is 2.31. The molecular formula is C16H32N2O. The molecule has 0 aromatic rings. The predicted octanol–water partition coefficient (Wildman–Crippen LogP) is 2.66. The summed E-state index contributed by atoms with van der Waals surface area (Å²) in [6.45, 7) is 11.2. The molecule has 112 valence electrons. The van der Waals surface area contributed by atoms with Gasteiger partial charge in [-0.25, -0.2) is 0 Å². The lowest BCUT2D eigenvalue weighted by atomic mass is 9.97. The minimum absolute atomic E-state index is 0.454. The Hall–Kier alpha value is -0.120. The van der Waals surface area contributed by atoms with E-state index in [0.717, 1.165) is 13.2 Å². The first-order valence-electron chi connectivity index (χ1n) is 8.25. The van der Waals surface area contributed by atoms with Crippen molar-refractivity contribution in [2.75, 3.05) is 39.4 Å². The fourth-order valence-corrected chi connectivity index (χ4v) is 3.51. The van der Waals surface area contributed by atoms with Gasteiger partial charge in [0.15, 0.2) is 0 Å². The molecule has 1 saturated heterocycles. The number of hydrogen-bond acceptors (Lipinski definition) is 3. The van der Waals surface area contributed by atoms with Crippen LogP contribution < -0.4 is 5.32 Å². The van der Waals surface area contributed by atoms with Gasteiger partial charge in [-0.15, -0.1) is 0 Å². The zero-order chi connectivity index (χ0) is 13.6. The van der Waals surface area contributed by atoms with Crippen molar-refractivity contribution in [1.82, 2.24) is 10.2 Å². The zero-order valence-corrected chi connectivity index (χ0v) is 12.9. The molecule has 0 bridgehead atoms. The number of hydrogen-bond donors (Lipinski definition) is 1. The highest BCUT2D eigenvalue weighted by atomic mass is 16.5. The summed E-state index contributed by atoms with van der Waals surface area (Å²) in [5.74, 6) is 0.657. The van der Waals surface area contributed by atoms with E-state index in [0.29, 0.717) is 11.5 Å². The van der Waals surface area contributed by atoms with Crippen LogP contribution in [0.2, 0.25) is 0 Å². The second-order valence-corrected chi connectivity index (χ2v) is 6.87. The van der Waals surface area contributed by atoms with E-state index in [2.05, 4.69) is 24.1 Å². The van der Waals surface area contributed by atoms with Gasteiger partial charge in [0.1, 0.15) is 0 Å². The van der Waals surface area contributed by atoms with E-state index < -0.39 is 0 Å². The van der Waals surface area contributed by atoms with Gasteiger partial charge in [-0.1, -0.05) is 26.7 Å². The quantitative estimate of drug-likeness (QED) is 0.750. The monoisotopic (exact) mass is 268 g/mol. The Labute approximate surface area is 119 Å². The van der Waals surface area contributed by atoms with Crippen molar-refractivity contribution in [2.45, 2.75) is 57.9 Å². The fraction of sp³-hybridized carbons (Fsp3) is 1.00. The molecule has 1 heterocycles. The molecule has 0 radical (unpaired) electrons.